The molecule has 2 aromatic heterocycles. The van der Waals surface area contributed by atoms with Crippen LogP contribution in [0.1, 0.15) is 4.88 Å². The molecule has 2 heterocycles. The minimum atomic E-state index is -0.322. The average molecular weight is 451 g/mol. The second kappa shape index (κ2) is 8.03. The lowest BCUT2D eigenvalue weighted by molar-refractivity contribution is -0.110. The number of nitrogens with one attached hydrogen (secondary N) is 1. The van der Waals surface area contributed by atoms with Crippen LogP contribution in [-0.2, 0) is 11.8 Å². The molecule has 26 heavy (non-hydrogen) atoms. The van der Waals surface area contributed by atoms with Crippen LogP contribution in [0.2, 0.25) is 0 Å². The summed E-state index contributed by atoms with van der Waals surface area (Å²) in [5, 5.41) is 4.73. The second-order valence-electron chi connectivity index (χ2n) is 5.31. The summed E-state index contributed by atoms with van der Waals surface area (Å²) in [6.45, 7) is 0. The van der Waals surface area contributed by atoms with Crippen LogP contribution in [0.25, 0.3) is 12.2 Å². The molecule has 1 amide bonds. The summed E-state index contributed by atoms with van der Waals surface area (Å²) in [5.74, 6) is 0.253. The Kier molecular flexibility index (Phi) is 5.75. The third kappa shape index (κ3) is 4.14. The lowest BCUT2D eigenvalue weighted by atomic mass is 10.3. The van der Waals surface area contributed by atoms with E-state index in [0.29, 0.717) is 20.6 Å². The highest BCUT2D eigenvalue weighted by molar-refractivity contribution is 9.10. The van der Waals surface area contributed by atoms with Crippen LogP contribution in [-0.4, -0.2) is 17.6 Å². The lowest BCUT2D eigenvalue weighted by Gasteiger charge is -2.07. The van der Waals surface area contributed by atoms with Crippen molar-refractivity contribution in [2.24, 2.45) is 7.05 Å². The fourth-order valence-electron chi connectivity index (χ4n) is 2.27. The van der Waals surface area contributed by atoms with E-state index >= 15 is 0 Å². The van der Waals surface area contributed by atoms with Crippen molar-refractivity contribution < 1.29 is 9.53 Å². The Morgan fingerprint density at radius 3 is 2.81 bits per heavy atom. The summed E-state index contributed by atoms with van der Waals surface area (Å²) in [6.07, 6.45) is 3.25. The predicted molar refractivity (Wildman–Crippen MR) is 110 cm³/mol. The minimum absolute atomic E-state index is 0.129. The summed E-state index contributed by atoms with van der Waals surface area (Å²) in [6, 6.07) is 9.10. The number of thiophene rings is 1. The van der Waals surface area contributed by atoms with Gasteiger partial charge in [-0.15, -0.1) is 22.7 Å². The van der Waals surface area contributed by atoms with Gasteiger partial charge < -0.3 is 14.6 Å². The van der Waals surface area contributed by atoms with Crippen LogP contribution in [0.4, 0.5) is 5.69 Å². The first-order valence-corrected chi connectivity index (χ1v) is 10.0. The van der Waals surface area contributed by atoms with Crippen molar-refractivity contribution >= 4 is 62.4 Å². The van der Waals surface area contributed by atoms with Gasteiger partial charge in [0.1, 0.15) is 10.4 Å². The van der Waals surface area contributed by atoms with E-state index in [1.807, 2.05) is 29.7 Å². The molecule has 5 nitrogen and oxygen atoms in total. The molecule has 0 saturated heterocycles. The minimum Gasteiger partial charge on any atom is -0.495 e. The van der Waals surface area contributed by atoms with Gasteiger partial charge in [-0.25, -0.2) is 0 Å². The van der Waals surface area contributed by atoms with Gasteiger partial charge in [0.05, 0.1) is 17.3 Å². The number of thiazole rings is 1. The van der Waals surface area contributed by atoms with E-state index in [1.54, 1.807) is 37.6 Å². The quantitative estimate of drug-likeness (QED) is 0.664. The Hall–Kier alpha value is -2.16. The molecule has 0 bridgehead atoms. The molecule has 0 fully saturated rings. The normalized spacial score (nSPS) is 12.4. The van der Waals surface area contributed by atoms with Crippen LogP contribution in [0, 0.1) is 0 Å². The topological polar surface area (TPSA) is 60.3 Å². The number of rotatable bonds is 4. The standard InChI is InChI=1S/C18H15BrN2O3S2/c1-21-17(9-16(22)20-13-5-3-4-6-14(13)24-2)26-15(18(21)23)8-12-7-11(19)10-25-12/h3-10H,1-2H3,(H,20,22)/b15-8-,17-9-. The SMILES string of the molecule is COc1ccccc1NC(=O)/C=c1\s/c(=C\c2cc(Br)cs2)c(=O)n1C. The molecule has 0 atom stereocenters. The third-order valence-electron chi connectivity index (χ3n) is 3.54. The highest BCUT2D eigenvalue weighted by atomic mass is 79.9. The number of anilines is 1. The highest BCUT2D eigenvalue weighted by Crippen LogP contribution is 2.23. The number of hydrogen-bond donors (Lipinski definition) is 1. The van der Waals surface area contributed by atoms with Gasteiger partial charge in [-0.05, 0) is 40.2 Å². The van der Waals surface area contributed by atoms with Crippen molar-refractivity contribution in [3.05, 3.63) is 64.6 Å². The van der Waals surface area contributed by atoms with E-state index in [-0.39, 0.29) is 11.5 Å². The Labute approximate surface area is 166 Å². The van der Waals surface area contributed by atoms with Crippen molar-refractivity contribution in [2.45, 2.75) is 0 Å². The lowest BCUT2D eigenvalue weighted by Crippen LogP contribution is -2.29. The Morgan fingerprint density at radius 1 is 1.35 bits per heavy atom. The van der Waals surface area contributed by atoms with Gasteiger partial charge in [-0.3, -0.25) is 9.59 Å². The van der Waals surface area contributed by atoms with E-state index in [4.69, 9.17) is 4.74 Å². The van der Waals surface area contributed by atoms with Crippen molar-refractivity contribution in [3.8, 4) is 5.75 Å². The molecule has 1 N–H and O–H groups in total. The number of methoxy groups -OCH3 is 1. The predicted octanol–water partition coefficient (Wildman–Crippen LogP) is 2.53. The molecule has 0 saturated carbocycles. The summed E-state index contributed by atoms with van der Waals surface area (Å²) in [4.78, 5) is 25.7. The zero-order chi connectivity index (χ0) is 18.7. The first-order chi connectivity index (χ1) is 12.5. The number of hydrogen-bond acceptors (Lipinski definition) is 5. The number of halogens is 1. The van der Waals surface area contributed by atoms with E-state index in [0.717, 1.165) is 9.35 Å². The van der Waals surface area contributed by atoms with Gasteiger partial charge in [-0.2, -0.15) is 0 Å². The summed E-state index contributed by atoms with van der Waals surface area (Å²) in [5.41, 5.74) is 0.448. The molecule has 0 radical (unpaired) electrons. The number of aromatic nitrogens is 1. The summed E-state index contributed by atoms with van der Waals surface area (Å²) >= 11 is 6.22. The maximum Gasteiger partial charge on any atom is 0.268 e. The van der Waals surface area contributed by atoms with Gasteiger partial charge in [0.25, 0.3) is 11.5 Å². The fraction of sp³-hybridized carbons (Fsp3) is 0.111. The zero-order valence-corrected chi connectivity index (χ0v) is 17.2. The fourth-order valence-corrected chi connectivity index (χ4v) is 4.74. The molecule has 0 aliphatic heterocycles. The van der Waals surface area contributed by atoms with Crippen molar-refractivity contribution in [3.63, 3.8) is 0 Å². The molecule has 3 aromatic rings. The van der Waals surface area contributed by atoms with Gasteiger partial charge in [0.2, 0.25) is 0 Å². The third-order valence-corrected chi connectivity index (χ3v) is 6.29. The summed E-state index contributed by atoms with van der Waals surface area (Å²) < 4.78 is 8.83. The van der Waals surface area contributed by atoms with Gasteiger partial charge in [-0.1, -0.05) is 12.1 Å². The van der Waals surface area contributed by atoms with E-state index in [2.05, 4.69) is 21.2 Å². The van der Waals surface area contributed by atoms with Crippen LogP contribution < -0.4 is 24.8 Å². The monoisotopic (exact) mass is 450 g/mol. The summed E-state index contributed by atoms with van der Waals surface area (Å²) in [7, 11) is 3.20. The largest absolute Gasteiger partial charge is 0.495 e. The van der Waals surface area contributed by atoms with Gasteiger partial charge in [0.15, 0.2) is 0 Å². The van der Waals surface area contributed by atoms with E-state index < -0.39 is 0 Å². The van der Waals surface area contributed by atoms with E-state index in [9.17, 15) is 9.59 Å². The molecule has 0 aliphatic carbocycles. The molecule has 3 rings (SSSR count). The Bertz CT molecular complexity index is 1130. The second-order valence-corrected chi connectivity index (χ2v) is 8.23. The smallest absolute Gasteiger partial charge is 0.268 e. The first-order valence-electron chi connectivity index (χ1n) is 7.55. The van der Waals surface area contributed by atoms with Crippen LogP contribution in [0.15, 0.2) is 45.0 Å². The molecule has 0 unspecified atom stereocenters. The molecular weight excluding hydrogens is 436 g/mol. The molecule has 1 aromatic carbocycles. The van der Waals surface area contributed by atoms with Crippen LogP contribution in [0.3, 0.4) is 0 Å². The molecular formula is C18H15BrN2O3S2. The Morgan fingerprint density at radius 2 is 2.12 bits per heavy atom. The van der Waals surface area contributed by atoms with Gasteiger partial charge in [0, 0.05) is 27.9 Å². The number of para-hydroxylation sites is 2. The maximum absolute atomic E-state index is 12.4. The molecule has 0 spiro atoms. The number of carbonyl (C=O) groups is 1. The number of carbonyl (C=O) groups excluding carboxylic acids is 1. The molecule has 0 aliphatic rings. The van der Waals surface area contributed by atoms with E-state index in [1.165, 1.54) is 22.0 Å². The van der Waals surface area contributed by atoms with Crippen LogP contribution >= 0.6 is 38.6 Å². The Balaban J connectivity index is 1.94. The van der Waals surface area contributed by atoms with Crippen LogP contribution in [0.5, 0.6) is 5.75 Å². The number of ether oxygens (including phenoxy) is 1. The number of benzene rings is 1. The zero-order valence-electron chi connectivity index (χ0n) is 14.0. The maximum atomic E-state index is 12.4. The van der Waals surface area contributed by atoms with Crippen molar-refractivity contribution in [2.75, 3.05) is 12.4 Å². The van der Waals surface area contributed by atoms with Crippen molar-refractivity contribution in [1.82, 2.24) is 4.57 Å². The average Bonchev–Trinajstić information content (AvgIpc) is 3.14. The van der Waals surface area contributed by atoms with Crippen molar-refractivity contribution in [1.29, 1.82) is 0 Å². The number of amides is 1. The highest BCUT2D eigenvalue weighted by Gasteiger charge is 2.07. The first kappa shape index (κ1) is 18.6. The number of nitrogens with zero attached hydrogens (tertiary/aromatic N) is 1. The van der Waals surface area contributed by atoms with Gasteiger partial charge >= 0.3 is 0 Å². The molecule has 134 valence electrons. The molecule has 8 heteroatoms.